The Hall–Kier alpha value is -2.96. The molecule has 1 aromatic rings. The number of nitrogens with zero attached hydrogens (tertiary/aromatic N) is 2. The summed E-state index contributed by atoms with van der Waals surface area (Å²) in [5.41, 5.74) is -0.116. The highest BCUT2D eigenvalue weighted by Gasteiger charge is 2.12. The molecule has 0 aliphatic rings. The lowest BCUT2D eigenvalue weighted by Gasteiger charge is -2.16. The van der Waals surface area contributed by atoms with Crippen molar-refractivity contribution in [1.29, 1.82) is 5.26 Å². The molecule has 9 heteroatoms. The van der Waals surface area contributed by atoms with E-state index in [4.69, 9.17) is 14.7 Å². The first kappa shape index (κ1) is 20.1. The molecule has 134 valence electrons. The highest BCUT2D eigenvalue weighted by Crippen LogP contribution is 2.17. The highest BCUT2D eigenvalue weighted by atomic mass is 16.7. The second kappa shape index (κ2) is 10.7. The maximum atomic E-state index is 12.1. The molecule has 2 N–H and O–H groups in total. The number of anilines is 1. The molecule has 0 saturated carbocycles. The third kappa shape index (κ3) is 6.99. The van der Waals surface area contributed by atoms with Crippen molar-refractivity contribution < 1.29 is 19.2 Å². The minimum Gasteiger partial charge on any atom is -0.385 e. The number of carbonyl (C=O) groups is 1. The van der Waals surface area contributed by atoms with Gasteiger partial charge in [-0.15, -0.1) is 0 Å². The molecule has 9 nitrogen and oxygen atoms in total. The summed E-state index contributed by atoms with van der Waals surface area (Å²) >= 11 is 0. The Morgan fingerprint density at radius 2 is 2.08 bits per heavy atom. The van der Waals surface area contributed by atoms with Crippen LogP contribution in [-0.2, 0) is 14.3 Å². The average molecular weight is 348 g/mol. The van der Waals surface area contributed by atoms with E-state index in [1.54, 1.807) is 6.07 Å². The van der Waals surface area contributed by atoms with Gasteiger partial charge >= 0.3 is 0 Å². The summed E-state index contributed by atoms with van der Waals surface area (Å²) in [6.45, 7) is 4.85. The van der Waals surface area contributed by atoms with Crippen LogP contribution in [0.15, 0.2) is 36.0 Å². The van der Waals surface area contributed by atoms with Gasteiger partial charge in [-0.2, -0.15) is 5.26 Å². The number of ether oxygens (including phenoxy) is 2. The Morgan fingerprint density at radius 1 is 1.40 bits per heavy atom. The standard InChI is InChI=1S/C16H20N4O5/c1-3-24-15(25-4-2)11-18-10-12(9-17)16(21)19-13-6-5-7-14(8-13)20(22)23/h5-8,10,15,18H,3-4,11H2,1-2H3,(H,19,21)/b12-10-. The van der Waals surface area contributed by atoms with Gasteiger partial charge in [-0.25, -0.2) is 0 Å². The van der Waals surface area contributed by atoms with Gasteiger partial charge in [-0.1, -0.05) is 6.07 Å². The molecule has 0 saturated heterocycles. The van der Waals surface area contributed by atoms with Crippen LogP contribution in [0.4, 0.5) is 11.4 Å². The zero-order valence-electron chi connectivity index (χ0n) is 14.0. The normalized spacial score (nSPS) is 11.0. The second-order valence-corrected chi connectivity index (χ2v) is 4.68. The zero-order chi connectivity index (χ0) is 18.7. The summed E-state index contributed by atoms with van der Waals surface area (Å²) in [5.74, 6) is -0.681. The van der Waals surface area contributed by atoms with Crippen LogP contribution in [0.2, 0.25) is 0 Å². The number of nitriles is 1. The number of nitro benzene ring substituents is 1. The molecule has 0 heterocycles. The van der Waals surface area contributed by atoms with Crippen LogP contribution in [-0.4, -0.2) is 36.9 Å². The quantitative estimate of drug-likeness (QED) is 0.217. The molecule has 1 rings (SSSR count). The number of nitrogens with one attached hydrogen (secondary N) is 2. The van der Waals surface area contributed by atoms with Crippen molar-refractivity contribution >= 4 is 17.3 Å². The molecule has 1 amide bonds. The van der Waals surface area contributed by atoms with E-state index in [0.717, 1.165) is 0 Å². The average Bonchev–Trinajstić information content (AvgIpc) is 2.59. The van der Waals surface area contributed by atoms with Crippen LogP contribution >= 0.6 is 0 Å². The lowest BCUT2D eigenvalue weighted by Crippen LogP contribution is -2.29. The number of hydrogen-bond donors (Lipinski definition) is 2. The number of nitro groups is 1. The molecule has 0 bridgehead atoms. The molecule has 25 heavy (non-hydrogen) atoms. The van der Waals surface area contributed by atoms with E-state index < -0.39 is 17.1 Å². The third-order valence-electron chi connectivity index (χ3n) is 2.92. The summed E-state index contributed by atoms with van der Waals surface area (Å²) < 4.78 is 10.7. The van der Waals surface area contributed by atoms with Crippen molar-refractivity contribution in [3.63, 3.8) is 0 Å². The fraction of sp³-hybridized carbons (Fsp3) is 0.375. The first-order chi connectivity index (χ1) is 12.0. The van der Waals surface area contributed by atoms with Crippen molar-refractivity contribution in [1.82, 2.24) is 5.32 Å². The van der Waals surface area contributed by atoms with Crippen molar-refractivity contribution in [3.8, 4) is 6.07 Å². The predicted octanol–water partition coefficient (Wildman–Crippen LogP) is 1.93. The fourth-order valence-electron chi connectivity index (χ4n) is 1.84. The maximum absolute atomic E-state index is 12.1. The van der Waals surface area contributed by atoms with Crippen LogP contribution in [0.3, 0.4) is 0 Å². The van der Waals surface area contributed by atoms with Gasteiger partial charge in [0.1, 0.15) is 11.6 Å². The molecule has 0 atom stereocenters. The molecular formula is C16H20N4O5. The van der Waals surface area contributed by atoms with Gasteiger partial charge in [0.05, 0.1) is 11.5 Å². The SMILES string of the molecule is CCOC(CN/C=C(/C#N)C(=O)Nc1cccc([N+](=O)[O-])c1)OCC. The van der Waals surface area contributed by atoms with Gasteiger partial charge in [-0.05, 0) is 19.9 Å². The lowest BCUT2D eigenvalue weighted by molar-refractivity contribution is -0.384. The Labute approximate surface area is 145 Å². The lowest BCUT2D eigenvalue weighted by atomic mass is 10.2. The second-order valence-electron chi connectivity index (χ2n) is 4.68. The van der Waals surface area contributed by atoms with E-state index in [0.29, 0.717) is 13.2 Å². The number of rotatable bonds is 10. The van der Waals surface area contributed by atoms with Gasteiger partial charge in [0.15, 0.2) is 6.29 Å². The summed E-state index contributed by atoms with van der Waals surface area (Å²) in [7, 11) is 0. The van der Waals surface area contributed by atoms with Crippen LogP contribution in [0, 0.1) is 21.4 Å². The summed E-state index contributed by atoms with van der Waals surface area (Å²) in [6, 6.07) is 7.22. The maximum Gasteiger partial charge on any atom is 0.271 e. The van der Waals surface area contributed by atoms with E-state index >= 15 is 0 Å². The molecule has 0 spiro atoms. The number of hydrogen-bond acceptors (Lipinski definition) is 7. The molecule has 0 radical (unpaired) electrons. The fourth-order valence-corrected chi connectivity index (χ4v) is 1.84. The Balaban J connectivity index is 2.69. The molecule has 0 unspecified atom stereocenters. The van der Waals surface area contributed by atoms with Gasteiger partial charge in [-0.3, -0.25) is 14.9 Å². The zero-order valence-corrected chi connectivity index (χ0v) is 14.0. The minimum atomic E-state index is -0.681. The molecule has 0 aromatic heterocycles. The third-order valence-corrected chi connectivity index (χ3v) is 2.92. The van der Waals surface area contributed by atoms with E-state index in [2.05, 4.69) is 10.6 Å². The number of carbonyl (C=O) groups excluding carboxylic acids is 1. The van der Waals surface area contributed by atoms with Gasteiger partial charge in [0.25, 0.3) is 11.6 Å². The van der Waals surface area contributed by atoms with E-state index in [9.17, 15) is 14.9 Å². The molecule has 0 aliphatic carbocycles. The van der Waals surface area contributed by atoms with E-state index in [-0.39, 0.29) is 23.5 Å². The summed E-state index contributed by atoms with van der Waals surface area (Å²) in [6.07, 6.45) is 0.753. The summed E-state index contributed by atoms with van der Waals surface area (Å²) in [5, 5.41) is 25.1. The van der Waals surface area contributed by atoms with E-state index in [1.807, 2.05) is 13.8 Å². The van der Waals surface area contributed by atoms with Crippen molar-refractivity contribution in [2.24, 2.45) is 0 Å². The number of benzene rings is 1. The van der Waals surface area contributed by atoms with Crippen molar-refractivity contribution in [2.45, 2.75) is 20.1 Å². The number of non-ortho nitro benzene ring substituents is 1. The van der Waals surface area contributed by atoms with Crippen LogP contribution in [0.1, 0.15) is 13.8 Å². The Morgan fingerprint density at radius 3 is 2.64 bits per heavy atom. The van der Waals surface area contributed by atoms with Gasteiger partial charge < -0.3 is 20.1 Å². The molecule has 0 fully saturated rings. The smallest absolute Gasteiger partial charge is 0.271 e. The van der Waals surface area contributed by atoms with Crippen molar-refractivity contribution in [3.05, 3.63) is 46.2 Å². The molecule has 1 aromatic carbocycles. The first-order valence-electron chi connectivity index (χ1n) is 7.64. The topological polar surface area (TPSA) is 127 Å². The first-order valence-corrected chi connectivity index (χ1v) is 7.64. The van der Waals surface area contributed by atoms with E-state index in [1.165, 1.54) is 30.5 Å². The van der Waals surface area contributed by atoms with Crippen LogP contribution in [0.5, 0.6) is 0 Å². The largest absolute Gasteiger partial charge is 0.385 e. The number of amides is 1. The predicted molar refractivity (Wildman–Crippen MR) is 90.5 cm³/mol. The summed E-state index contributed by atoms with van der Waals surface area (Å²) in [4.78, 5) is 22.2. The van der Waals surface area contributed by atoms with Crippen molar-refractivity contribution in [2.75, 3.05) is 25.1 Å². The van der Waals surface area contributed by atoms with Gasteiger partial charge in [0, 0.05) is 37.2 Å². The Kier molecular flexibility index (Phi) is 8.63. The van der Waals surface area contributed by atoms with Crippen LogP contribution in [0.25, 0.3) is 0 Å². The van der Waals surface area contributed by atoms with Gasteiger partial charge in [0.2, 0.25) is 0 Å². The van der Waals surface area contributed by atoms with Crippen LogP contribution < -0.4 is 10.6 Å². The minimum absolute atomic E-state index is 0.158. The Bertz CT molecular complexity index is 663. The monoisotopic (exact) mass is 348 g/mol. The molecule has 0 aliphatic heterocycles. The highest BCUT2D eigenvalue weighted by molar-refractivity contribution is 6.06. The molecular weight excluding hydrogens is 328 g/mol.